The number of pyridine rings is 1. The van der Waals surface area contributed by atoms with E-state index in [-0.39, 0.29) is 18.0 Å². The van der Waals surface area contributed by atoms with Gasteiger partial charge in [-0.05, 0) is 61.3 Å². The lowest BCUT2D eigenvalue weighted by Crippen LogP contribution is -2.51. The molecule has 4 atom stereocenters. The number of aryl methyl sites for hydroxylation is 1. The zero-order valence-electron chi connectivity index (χ0n) is 16.6. The molecule has 2 aromatic rings. The van der Waals surface area contributed by atoms with E-state index in [2.05, 4.69) is 9.88 Å². The van der Waals surface area contributed by atoms with Crippen molar-refractivity contribution in [2.75, 3.05) is 13.1 Å². The standard InChI is InChI=1S/C24H27FN2O2/c25-19-6-3-5-16(12-19)17-8-9-20(26-13-17)10-11-22-21-7-2-1-4-18(21)14-27-15-23(28)29-24(22)27/h3,5-6,8-9,12-13,18,21-22,24H,1-2,4,7,10-11,14-15H2/t18?,21?,22?,24-/m1/s1. The van der Waals surface area contributed by atoms with E-state index < -0.39 is 0 Å². The van der Waals surface area contributed by atoms with Crippen LogP contribution in [0.25, 0.3) is 11.1 Å². The fourth-order valence-corrected chi connectivity index (χ4v) is 5.65. The molecule has 1 saturated carbocycles. The number of piperidine rings is 1. The molecule has 0 radical (unpaired) electrons. The van der Waals surface area contributed by atoms with Crippen molar-refractivity contribution in [3.63, 3.8) is 0 Å². The van der Waals surface area contributed by atoms with Gasteiger partial charge in [-0.25, -0.2) is 4.39 Å². The van der Waals surface area contributed by atoms with Gasteiger partial charge in [0.15, 0.2) is 6.23 Å². The van der Waals surface area contributed by atoms with Gasteiger partial charge in [-0.2, -0.15) is 0 Å². The third-order valence-corrected chi connectivity index (χ3v) is 7.01. The topological polar surface area (TPSA) is 42.4 Å². The molecule has 5 rings (SSSR count). The average molecular weight is 394 g/mol. The molecule has 152 valence electrons. The van der Waals surface area contributed by atoms with Crippen LogP contribution in [0.5, 0.6) is 0 Å². The Bertz CT molecular complexity index is 885. The Kier molecular flexibility index (Phi) is 5.08. The lowest BCUT2D eigenvalue weighted by atomic mass is 9.67. The summed E-state index contributed by atoms with van der Waals surface area (Å²) in [6, 6.07) is 10.7. The molecule has 0 amide bonds. The van der Waals surface area contributed by atoms with Crippen LogP contribution in [0.15, 0.2) is 42.6 Å². The predicted octanol–water partition coefficient (Wildman–Crippen LogP) is 4.44. The minimum atomic E-state index is -0.235. The second-order valence-corrected chi connectivity index (χ2v) is 8.77. The summed E-state index contributed by atoms with van der Waals surface area (Å²) in [6.45, 7) is 1.46. The maximum absolute atomic E-state index is 13.5. The normalized spacial score (nSPS) is 29.2. The summed E-state index contributed by atoms with van der Waals surface area (Å²) < 4.78 is 19.2. The fourth-order valence-electron chi connectivity index (χ4n) is 5.65. The number of esters is 1. The summed E-state index contributed by atoms with van der Waals surface area (Å²) in [5.74, 6) is 1.44. The number of halogens is 1. The van der Waals surface area contributed by atoms with Crippen molar-refractivity contribution in [1.29, 1.82) is 0 Å². The van der Waals surface area contributed by atoms with Crippen molar-refractivity contribution in [3.05, 3.63) is 54.1 Å². The predicted molar refractivity (Wildman–Crippen MR) is 108 cm³/mol. The summed E-state index contributed by atoms with van der Waals surface area (Å²) in [5.41, 5.74) is 2.81. The Morgan fingerprint density at radius 3 is 2.86 bits per heavy atom. The van der Waals surface area contributed by atoms with Gasteiger partial charge in [-0.1, -0.05) is 31.0 Å². The van der Waals surface area contributed by atoms with Crippen LogP contribution in [0.1, 0.15) is 37.8 Å². The monoisotopic (exact) mass is 394 g/mol. The maximum atomic E-state index is 13.5. The van der Waals surface area contributed by atoms with Gasteiger partial charge in [-0.3, -0.25) is 14.7 Å². The third-order valence-electron chi connectivity index (χ3n) is 7.01. The molecule has 0 spiro atoms. The van der Waals surface area contributed by atoms with Gasteiger partial charge in [-0.15, -0.1) is 0 Å². The highest BCUT2D eigenvalue weighted by atomic mass is 19.1. The third kappa shape index (κ3) is 3.80. The molecule has 2 saturated heterocycles. The molecule has 4 nitrogen and oxygen atoms in total. The number of ether oxygens (including phenoxy) is 1. The van der Waals surface area contributed by atoms with Gasteiger partial charge in [0.25, 0.3) is 0 Å². The van der Waals surface area contributed by atoms with Crippen molar-refractivity contribution >= 4 is 5.97 Å². The summed E-state index contributed by atoms with van der Waals surface area (Å²) in [6.07, 6.45) is 8.77. The van der Waals surface area contributed by atoms with Gasteiger partial charge in [0, 0.05) is 29.9 Å². The van der Waals surface area contributed by atoms with Crippen LogP contribution in [0, 0.1) is 23.6 Å². The number of aromatic nitrogens is 1. The maximum Gasteiger partial charge on any atom is 0.321 e. The van der Waals surface area contributed by atoms with Crippen LogP contribution >= 0.6 is 0 Å². The van der Waals surface area contributed by atoms with E-state index in [0.29, 0.717) is 24.3 Å². The van der Waals surface area contributed by atoms with Gasteiger partial charge in [0.2, 0.25) is 0 Å². The number of rotatable bonds is 4. The van der Waals surface area contributed by atoms with Gasteiger partial charge >= 0.3 is 5.97 Å². The van der Waals surface area contributed by atoms with Crippen LogP contribution < -0.4 is 0 Å². The molecular formula is C24H27FN2O2. The molecule has 3 aliphatic rings. The van der Waals surface area contributed by atoms with Crippen molar-refractivity contribution in [2.45, 2.75) is 44.8 Å². The second kappa shape index (κ2) is 7.86. The molecule has 2 aliphatic heterocycles. The van der Waals surface area contributed by atoms with E-state index in [1.54, 1.807) is 6.07 Å². The molecule has 3 unspecified atom stereocenters. The van der Waals surface area contributed by atoms with Gasteiger partial charge < -0.3 is 4.74 Å². The molecule has 1 aromatic heterocycles. The van der Waals surface area contributed by atoms with Gasteiger partial charge in [0.1, 0.15) is 5.82 Å². The zero-order chi connectivity index (χ0) is 19.8. The van der Waals surface area contributed by atoms with Crippen molar-refractivity contribution < 1.29 is 13.9 Å². The van der Waals surface area contributed by atoms with E-state index in [4.69, 9.17) is 4.74 Å². The Morgan fingerprint density at radius 2 is 2.03 bits per heavy atom. The number of fused-ring (bicyclic) bond motifs is 2. The summed E-state index contributed by atoms with van der Waals surface area (Å²) >= 11 is 0. The van der Waals surface area contributed by atoms with Crippen molar-refractivity contribution in [3.8, 4) is 11.1 Å². The first kappa shape index (κ1) is 18.7. The summed E-state index contributed by atoms with van der Waals surface area (Å²) in [4.78, 5) is 18.8. The van der Waals surface area contributed by atoms with Crippen molar-refractivity contribution in [1.82, 2.24) is 9.88 Å². The van der Waals surface area contributed by atoms with Crippen LogP contribution in [-0.4, -0.2) is 35.2 Å². The smallest absolute Gasteiger partial charge is 0.321 e. The molecule has 1 aliphatic carbocycles. The summed E-state index contributed by atoms with van der Waals surface area (Å²) in [7, 11) is 0. The quantitative estimate of drug-likeness (QED) is 0.719. The van der Waals surface area contributed by atoms with E-state index in [0.717, 1.165) is 36.2 Å². The van der Waals surface area contributed by atoms with Crippen LogP contribution in [0.4, 0.5) is 4.39 Å². The molecular weight excluding hydrogens is 367 g/mol. The lowest BCUT2D eigenvalue weighted by molar-refractivity contribution is -0.150. The number of hydrogen-bond acceptors (Lipinski definition) is 4. The minimum absolute atomic E-state index is 0.0478. The van der Waals surface area contributed by atoms with Gasteiger partial charge in [0.05, 0.1) is 6.54 Å². The first-order valence-electron chi connectivity index (χ1n) is 10.8. The van der Waals surface area contributed by atoms with Crippen molar-refractivity contribution in [2.24, 2.45) is 17.8 Å². The van der Waals surface area contributed by atoms with Crippen LogP contribution in [0.2, 0.25) is 0 Å². The number of carbonyl (C=O) groups excluding carboxylic acids is 1. The van der Waals surface area contributed by atoms with E-state index in [1.807, 2.05) is 24.4 Å². The zero-order valence-corrected chi connectivity index (χ0v) is 16.6. The Hall–Kier alpha value is -2.27. The number of hydrogen-bond donors (Lipinski definition) is 0. The molecule has 0 bridgehead atoms. The number of nitrogens with zero attached hydrogens (tertiary/aromatic N) is 2. The van der Waals surface area contributed by atoms with Crippen LogP contribution in [0.3, 0.4) is 0 Å². The molecule has 29 heavy (non-hydrogen) atoms. The first-order valence-corrected chi connectivity index (χ1v) is 10.8. The Morgan fingerprint density at radius 1 is 1.14 bits per heavy atom. The molecule has 3 heterocycles. The highest BCUT2D eigenvalue weighted by Gasteiger charge is 2.49. The number of carbonyl (C=O) groups is 1. The largest absolute Gasteiger partial charge is 0.445 e. The fraction of sp³-hybridized carbons (Fsp3) is 0.500. The molecule has 1 aromatic carbocycles. The Balaban J connectivity index is 1.29. The minimum Gasteiger partial charge on any atom is -0.445 e. The van der Waals surface area contributed by atoms with Crippen LogP contribution in [-0.2, 0) is 16.0 Å². The Labute approximate surface area is 171 Å². The lowest BCUT2D eigenvalue weighted by Gasteiger charge is -2.47. The number of benzene rings is 1. The average Bonchev–Trinajstić information content (AvgIpc) is 3.11. The second-order valence-electron chi connectivity index (χ2n) is 8.77. The summed E-state index contributed by atoms with van der Waals surface area (Å²) in [5, 5.41) is 0. The van der Waals surface area contributed by atoms with E-state index in [1.165, 1.54) is 37.8 Å². The highest BCUT2D eigenvalue weighted by Crippen LogP contribution is 2.45. The van der Waals surface area contributed by atoms with E-state index in [9.17, 15) is 9.18 Å². The molecule has 5 heteroatoms. The highest BCUT2D eigenvalue weighted by molar-refractivity contribution is 5.73. The van der Waals surface area contributed by atoms with E-state index >= 15 is 0 Å². The molecule has 0 N–H and O–H groups in total. The molecule has 3 fully saturated rings. The SMILES string of the molecule is O=C1CN2CC3CCCCC3C(CCc3ccc(-c4cccc(F)c4)cn3)[C@H]2O1. The first-order chi connectivity index (χ1) is 14.2.